The number of carboxylic acids is 1. The number of piperidine rings is 1. The Bertz CT molecular complexity index is 1570. The summed E-state index contributed by atoms with van der Waals surface area (Å²) in [5.74, 6) is 2.00. The Balaban J connectivity index is 1.20. The molecule has 0 unspecified atom stereocenters. The smallest absolute Gasteiger partial charge is 0.303 e. The van der Waals surface area contributed by atoms with Gasteiger partial charge in [0.2, 0.25) is 11.8 Å². The minimum absolute atomic E-state index is 0.220. The van der Waals surface area contributed by atoms with Crippen LogP contribution in [0, 0.1) is 12.8 Å². The fourth-order valence-corrected chi connectivity index (χ4v) is 6.16. The minimum atomic E-state index is -0.732. The van der Waals surface area contributed by atoms with E-state index in [1.807, 2.05) is 30.5 Å². The number of aromatic nitrogens is 5. The van der Waals surface area contributed by atoms with Gasteiger partial charge in [0.1, 0.15) is 5.82 Å². The van der Waals surface area contributed by atoms with Gasteiger partial charge in [0.15, 0.2) is 5.75 Å². The topological polar surface area (TPSA) is 110 Å². The normalized spacial score (nSPS) is 15.9. The average molecular weight is 609 g/mol. The summed E-state index contributed by atoms with van der Waals surface area (Å²) in [6, 6.07) is 9.26. The summed E-state index contributed by atoms with van der Waals surface area (Å²) in [7, 11) is 0. The average Bonchev–Trinajstić information content (AvgIpc) is 3.33. The van der Waals surface area contributed by atoms with Gasteiger partial charge in [-0.1, -0.05) is 23.2 Å². The van der Waals surface area contributed by atoms with Gasteiger partial charge in [0.05, 0.1) is 24.6 Å². The summed E-state index contributed by atoms with van der Waals surface area (Å²) >= 11 is 12.6. The molecule has 1 N–H and O–H groups in total. The Morgan fingerprint density at radius 3 is 2.43 bits per heavy atom. The molecule has 10 nitrogen and oxygen atoms in total. The zero-order valence-corrected chi connectivity index (χ0v) is 24.7. The number of nitrogens with zero attached hydrogens (tertiary/aromatic N) is 7. The number of pyridine rings is 1. The quantitative estimate of drug-likeness (QED) is 0.264. The molecular weight excluding hydrogens is 577 g/mol. The van der Waals surface area contributed by atoms with Crippen molar-refractivity contribution in [1.29, 1.82) is 0 Å². The zero-order chi connectivity index (χ0) is 29.2. The lowest BCUT2D eigenvalue weighted by atomic mass is 9.93. The van der Waals surface area contributed by atoms with Gasteiger partial charge >= 0.3 is 5.97 Å². The number of carbonyl (C=O) groups is 1. The van der Waals surface area contributed by atoms with Crippen LogP contribution in [0.3, 0.4) is 0 Å². The molecule has 1 aromatic carbocycles. The van der Waals surface area contributed by atoms with E-state index in [-0.39, 0.29) is 12.3 Å². The second-order valence-electron chi connectivity index (χ2n) is 10.9. The highest BCUT2D eigenvalue weighted by atomic mass is 35.5. The van der Waals surface area contributed by atoms with E-state index in [2.05, 4.69) is 36.2 Å². The zero-order valence-electron chi connectivity index (χ0n) is 23.2. The first-order valence-electron chi connectivity index (χ1n) is 14.0. The molecule has 12 heteroatoms. The van der Waals surface area contributed by atoms with Crippen molar-refractivity contribution in [2.75, 3.05) is 24.5 Å². The van der Waals surface area contributed by atoms with Gasteiger partial charge in [-0.25, -0.2) is 19.9 Å². The Hall–Kier alpha value is -3.73. The van der Waals surface area contributed by atoms with Crippen molar-refractivity contribution in [3.8, 4) is 22.9 Å². The number of fused-ring (bicyclic) bond motifs is 1. The van der Waals surface area contributed by atoms with Crippen LogP contribution in [0.15, 0.2) is 48.9 Å². The number of rotatable bonds is 8. The fourth-order valence-electron chi connectivity index (χ4n) is 5.64. The van der Waals surface area contributed by atoms with Crippen LogP contribution in [-0.4, -0.2) is 60.1 Å². The van der Waals surface area contributed by atoms with Gasteiger partial charge in [-0.2, -0.15) is 0 Å². The molecule has 2 aliphatic rings. The monoisotopic (exact) mass is 607 g/mol. The number of ether oxygens (including phenoxy) is 1. The van der Waals surface area contributed by atoms with Crippen LogP contribution >= 0.6 is 23.2 Å². The SMILES string of the molecule is Cc1cnc2n1CCN(c1ncc(Oc3cc(CN4CCC(CC(=O)O)CC4)cc(-c4cc(Cl)cc(Cl)c4)n3)cn1)C2. The standard InChI is InChI=1S/C30H31Cl2N7O3/c1-19-14-33-27-18-38(6-7-39(19)27)30-34-15-25(16-35-30)42-28-9-21(17-37-4-2-20(3-5-37)10-29(40)41)8-26(36-28)22-11-23(31)13-24(32)12-22/h8-9,11-16,20H,2-7,10,17-18H2,1H3,(H,40,41). The first-order chi connectivity index (χ1) is 20.3. The number of imidazole rings is 1. The number of aryl methyl sites for hydroxylation is 1. The van der Waals surface area contributed by atoms with Gasteiger partial charge in [0, 0.05) is 59.6 Å². The number of hydrogen-bond donors (Lipinski definition) is 1. The van der Waals surface area contributed by atoms with Crippen molar-refractivity contribution in [2.45, 2.75) is 45.8 Å². The van der Waals surface area contributed by atoms with Crippen molar-refractivity contribution >= 4 is 35.1 Å². The largest absolute Gasteiger partial charge is 0.481 e. The van der Waals surface area contributed by atoms with Gasteiger partial charge in [-0.3, -0.25) is 9.69 Å². The lowest BCUT2D eigenvalue weighted by Crippen LogP contribution is -2.35. The lowest BCUT2D eigenvalue weighted by Gasteiger charge is -2.31. The predicted molar refractivity (Wildman–Crippen MR) is 160 cm³/mol. The van der Waals surface area contributed by atoms with E-state index < -0.39 is 5.97 Å². The van der Waals surface area contributed by atoms with E-state index in [0.717, 1.165) is 61.7 Å². The highest BCUT2D eigenvalue weighted by Gasteiger charge is 2.23. The van der Waals surface area contributed by atoms with Crippen LogP contribution in [0.1, 0.15) is 36.3 Å². The van der Waals surface area contributed by atoms with E-state index >= 15 is 0 Å². The van der Waals surface area contributed by atoms with E-state index in [4.69, 9.17) is 38.0 Å². The molecule has 0 amide bonds. The fraction of sp³-hybridized carbons (Fsp3) is 0.367. The summed E-state index contributed by atoms with van der Waals surface area (Å²) < 4.78 is 8.39. The molecule has 0 aliphatic carbocycles. The Labute approximate surface area is 253 Å². The molecule has 42 heavy (non-hydrogen) atoms. The van der Waals surface area contributed by atoms with E-state index in [1.165, 1.54) is 0 Å². The van der Waals surface area contributed by atoms with E-state index in [1.54, 1.807) is 18.5 Å². The first-order valence-corrected chi connectivity index (χ1v) is 14.7. The maximum atomic E-state index is 11.1. The maximum Gasteiger partial charge on any atom is 0.303 e. The second kappa shape index (κ2) is 12.2. The van der Waals surface area contributed by atoms with Crippen molar-refractivity contribution in [3.05, 3.63) is 76.0 Å². The summed E-state index contributed by atoms with van der Waals surface area (Å²) in [5, 5.41) is 10.2. The molecule has 4 aromatic rings. The van der Waals surface area contributed by atoms with Crippen LogP contribution in [-0.2, 0) is 24.4 Å². The Morgan fingerprint density at radius 2 is 1.71 bits per heavy atom. The highest BCUT2D eigenvalue weighted by molar-refractivity contribution is 6.35. The minimum Gasteiger partial charge on any atom is -0.481 e. The Kier molecular flexibility index (Phi) is 8.28. The molecule has 1 saturated heterocycles. The van der Waals surface area contributed by atoms with E-state index in [0.29, 0.717) is 46.4 Å². The lowest BCUT2D eigenvalue weighted by molar-refractivity contribution is -0.138. The third-order valence-corrected chi connectivity index (χ3v) is 8.22. The summed E-state index contributed by atoms with van der Waals surface area (Å²) in [4.78, 5) is 33.9. The number of carboxylic acid groups (broad SMARTS) is 1. The van der Waals surface area contributed by atoms with Crippen LogP contribution in [0.5, 0.6) is 11.6 Å². The van der Waals surface area contributed by atoms with Crippen LogP contribution in [0.2, 0.25) is 10.0 Å². The molecule has 0 atom stereocenters. The summed E-state index contributed by atoms with van der Waals surface area (Å²) in [5.41, 5.74) is 3.64. The Morgan fingerprint density at radius 1 is 0.976 bits per heavy atom. The summed E-state index contributed by atoms with van der Waals surface area (Å²) in [6.07, 6.45) is 7.16. The number of anilines is 1. The molecule has 3 aromatic heterocycles. The number of hydrogen-bond acceptors (Lipinski definition) is 8. The summed E-state index contributed by atoms with van der Waals surface area (Å²) in [6.45, 7) is 6.70. The van der Waals surface area contributed by atoms with Gasteiger partial charge < -0.3 is 19.3 Å². The molecule has 218 valence electrons. The number of halogens is 2. The van der Waals surface area contributed by atoms with Crippen LogP contribution in [0.4, 0.5) is 5.95 Å². The van der Waals surface area contributed by atoms with Crippen molar-refractivity contribution in [2.24, 2.45) is 5.92 Å². The molecule has 0 spiro atoms. The van der Waals surface area contributed by atoms with Gasteiger partial charge in [-0.15, -0.1) is 0 Å². The molecule has 1 fully saturated rings. The van der Waals surface area contributed by atoms with Gasteiger partial charge in [0.25, 0.3) is 0 Å². The maximum absolute atomic E-state index is 11.1. The third-order valence-electron chi connectivity index (χ3n) is 7.78. The second-order valence-corrected chi connectivity index (χ2v) is 11.8. The number of aliphatic carboxylic acids is 1. The van der Waals surface area contributed by atoms with Crippen molar-refractivity contribution in [3.63, 3.8) is 0 Å². The molecule has 0 radical (unpaired) electrons. The highest BCUT2D eigenvalue weighted by Crippen LogP contribution is 2.31. The van der Waals surface area contributed by atoms with Crippen LogP contribution in [0.25, 0.3) is 11.3 Å². The molecule has 2 aliphatic heterocycles. The van der Waals surface area contributed by atoms with Gasteiger partial charge in [-0.05, 0) is 68.6 Å². The number of likely N-dealkylation sites (tertiary alicyclic amines) is 1. The van der Waals surface area contributed by atoms with E-state index in [9.17, 15) is 4.79 Å². The number of benzene rings is 1. The van der Waals surface area contributed by atoms with Crippen molar-refractivity contribution < 1.29 is 14.6 Å². The first kappa shape index (κ1) is 28.4. The molecule has 0 bridgehead atoms. The van der Waals surface area contributed by atoms with Crippen molar-refractivity contribution in [1.82, 2.24) is 29.4 Å². The molecule has 6 rings (SSSR count). The molecular formula is C30H31Cl2N7O3. The van der Waals surface area contributed by atoms with Crippen LogP contribution < -0.4 is 9.64 Å². The third kappa shape index (κ3) is 6.67. The molecule has 0 saturated carbocycles. The predicted octanol–water partition coefficient (Wildman–Crippen LogP) is 5.85. The molecule has 5 heterocycles.